The summed E-state index contributed by atoms with van der Waals surface area (Å²) < 4.78 is 1.67. The van der Waals surface area contributed by atoms with Gasteiger partial charge in [-0.25, -0.2) is 0 Å². The number of hydrogen-bond donors (Lipinski definition) is 0. The summed E-state index contributed by atoms with van der Waals surface area (Å²) in [5.74, 6) is -0.0129. The van der Waals surface area contributed by atoms with Gasteiger partial charge in [0.05, 0.1) is 0 Å². The van der Waals surface area contributed by atoms with Gasteiger partial charge in [0.25, 0.3) is 5.91 Å². The van der Waals surface area contributed by atoms with E-state index in [1.54, 1.807) is 28.8 Å². The van der Waals surface area contributed by atoms with Crippen molar-refractivity contribution in [2.24, 2.45) is 0 Å². The molecule has 0 aliphatic carbocycles. The van der Waals surface area contributed by atoms with Crippen LogP contribution in [0.2, 0.25) is 5.02 Å². The van der Waals surface area contributed by atoms with Crippen molar-refractivity contribution in [2.45, 2.75) is 26.7 Å². The summed E-state index contributed by atoms with van der Waals surface area (Å²) in [4.78, 5) is 12.3. The molecule has 18 heavy (non-hydrogen) atoms. The van der Waals surface area contributed by atoms with Gasteiger partial charge in [-0.3, -0.25) is 9.36 Å². The monoisotopic (exact) mass is 261 g/mol. The number of carbonyl (C=O) groups is 1. The third-order valence-corrected chi connectivity index (χ3v) is 3.34. The summed E-state index contributed by atoms with van der Waals surface area (Å²) in [5, 5.41) is 0.641. The van der Waals surface area contributed by atoms with Crippen molar-refractivity contribution in [1.82, 2.24) is 4.57 Å². The molecule has 2 aromatic rings. The Morgan fingerprint density at radius 2 is 1.56 bits per heavy atom. The number of rotatable bonds is 3. The van der Waals surface area contributed by atoms with E-state index < -0.39 is 0 Å². The van der Waals surface area contributed by atoms with Crippen LogP contribution in [-0.4, -0.2) is 10.5 Å². The lowest BCUT2D eigenvalue weighted by Gasteiger charge is -2.01. The van der Waals surface area contributed by atoms with Gasteiger partial charge in [-0.1, -0.05) is 25.4 Å². The minimum atomic E-state index is -0.0129. The number of carbonyl (C=O) groups excluding carboxylic acids is 1. The molecule has 1 aromatic heterocycles. The summed E-state index contributed by atoms with van der Waals surface area (Å²) in [7, 11) is 0. The van der Waals surface area contributed by atoms with Crippen LogP contribution in [0, 0.1) is 0 Å². The predicted molar refractivity (Wildman–Crippen MR) is 74.4 cm³/mol. The second-order valence-electron chi connectivity index (χ2n) is 4.24. The molecule has 0 radical (unpaired) electrons. The molecule has 0 saturated carbocycles. The fourth-order valence-corrected chi connectivity index (χ4v) is 2.16. The maximum Gasteiger partial charge on any atom is 0.261 e. The van der Waals surface area contributed by atoms with Gasteiger partial charge in [0, 0.05) is 23.0 Å². The molecular formula is C15H16ClNO. The summed E-state index contributed by atoms with van der Waals surface area (Å²) in [6.45, 7) is 4.21. The van der Waals surface area contributed by atoms with Crippen molar-refractivity contribution in [3.8, 4) is 0 Å². The van der Waals surface area contributed by atoms with E-state index in [-0.39, 0.29) is 5.91 Å². The van der Waals surface area contributed by atoms with E-state index in [1.807, 2.05) is 12.4 Å². The number of hydrogen-bond acceptors (Lipinski definition) is 1. The Labute approximate surface area is 112 Å². The average molecular weight is 262 g/mol. The molecule has 2 rings (SSSR count). The van der Waals surface area contributed by atoms with Crippen molar-refractivity contribution in [3.63, 3.8) is 0 Å². The molecule has 0 saturated heterocycles. The quantitative estimate of drug-likeness (QED) is 0.820. The Morgan fingerprint density at radius 1 is 1.06 bits per heavy atom. The zero-order valence-corrected chi connectivity index (χ0v) is 11.4. The molecule has 2 nitrogen and oxygen atoms in total. The first kappa shape index (κ1) is 12.9. The van der Waals surface area contributed by atoms with E-state index in [0.29, 0.717) is 10.6 Å². The van der Waals surface area contributed by atoms with Crippen molar-refractivity contribution in [2.75, 3.05) is 0 Å². The van der Waals surface area contributed by atoms with Crippen LogP contribution in [-0.2, 0) is 12.8 Å². The first-order valence-electron chi connectivity index (χ1n) is 6.15. The van der Waals surface area contributed by atoms with Gasteiger partial charge in [0.1, 0.15) is 0 Å². The molecule has 94 valence electrons. The van der Waals surface area contributed by atoms with E-state index >= 15 is 0 Å². The molecule has 1 heterocycles. The summed E-state index contributed by atoms with van der Waals surface area (Å²) in [6, 6.07) is 6.98. The Balaban J connectivity index is 2.33. The molecule has 0 aliphatic heterocycles. The second-order valence-corrected chi connectivity index (χ2v) is 4.67. The van der Waals surface area contributed by atoms with Crippen LogP contribution < -0.4 is 0 Å². The van der Waals surface area contributed by atoms with Crippen LogP contribution in [0.3, 0.4) is 0 Å². The third kappa shape index (κ3) is 2.49. The lowest BCUT2D eigenvalue weighted by Crippen LogP contribution is -2.09. The maximum atomic E-state index is 12.3. The van der Waals surface area contributed by atoms with Gasteiger partial charge in [-0.05, 0) is 48.2 Å². The largest absolute Gasteiger partial charge is 0.290 e. The van der Waals surface area contributed by atoms with Gasteiger partial charge in [0.2, 0.25) is 0 Å². The smallest absolute Gasteiger partial charge is 0.261 e. The number of aromatic nitrogens is 1. The highest BCUT2D eigenvalue weighted by Crippen LogP contribution is 2.15. The van der Waals surface area contributed by atoms with E-state index in [2.05, 4.69) is 13.8 Å². The third-order valence-electron chi connectivity index (χ3n) is 3.09. The lowest BCUT2D eigenvalue weighted by molar-refractivity contribution is 0.0960. The maximum absolute atomic E-state index is 12.3. The highest BCUT2D eigenvalue weighted by molar-refractivity contribution is 6.30. The number of nitrogens with zero attached hydrogens (tertiary/aromatic N) is 1. The molecule has 0 atom stereocenters. The molecule has 1 aromatic carbocycles. The summed E-state index contributed by atoms with van der Waals surface area (Å²) in [6.07, 6.45) is 5.75. The molecule has 0 spiro atoms. The Morgan fingerprint density at radius 3 is 2.00 bits per heavy atom. The van der Waals surface area contributed by atoms with E-state index in [9.17, 15) is 4.79 Å². The van der Waals surface area contributed by atoms with E-state index in [1.165, 1.54) is 11.1 Å². The Kier molecular flexibility index (Phi) is 3.87. The average Bonchev–Trinajstić information content (AvgIpc) is 2.82. The molecule has 0 aliphatic rings. The molecule has 0 unspecified atom stereocenters. The van der Waals surface area contributed by atoms with Gasteiger partial charge in [-0.15, -0.1) is 0 Å². The van der Waals surface area contributed by atoms with Crippen molar-refractivity contribution in [1.29, 1.82) is 0 Å². The molecule has 0 N–H and O–H groups in total. The highest BCUT2D eigenvalue weighted by atomic mass is 35.5. The molecule has 3 heteroatoms. The van der Waals surface area contributed by atoms with E-state index in [0.717, 1.165) is 12.8 Å². The highest BCUT2D eigenvalue weighted by Gasteiger charge is 2.11. The minimum absolute atomic E-state index is 0.0129. The lowest BCUT2D eigenvalue weighted by atomic mass is 10.1. The summed E-state index contributed by atoms with van der Waals surface area (Å²) >= 11 is 5.82. The number of halogens is 1. The molecule has 0 fully saturated rings. The van der Waals surface area contributed by atoms with Crippen LogP contribution in [0.25, 0.3) is 0 Å². The minimum Gasteiger partial charge on any atom is -0.290 e. The van der Waals surface area contributed by atoms with Crippen LogP contribution in [0.5, 0.6) is 0 Å². The zero-order valence-electron chi connectivity index (χ0n) is 10.6. The van der Waals surface area contributed by atoms with Crippen molar-refractivity contribution in [3.05, 3.63) is 58.4 Å². The fourth-order valence-electron chi connectivity index (χ4n) is 2.03. The van der Waals surface area contributed by atoms with Gasteiger partial charge in [0.15, 0.2) is 0 Å². The van der Waals surface area contributed by atoms with E-state index in [4.69, 9.17) is 11.6 Å². The van der Waals surface area contributed by atoms with Crippen LogP contribution in [0.1, 0.15) is 35.3 Å². The zero-order chi connectivity index (χ0) is 13.1. The Bertz CT molecular complexity index is 533. The fraction of sp³-hybridized carbons (Fsp3) is 0.267. The number of aryl methyl sites for hydroxylation is 2. The van der Waals surface area contributed by atoms with Gasteiger partial charge < -0.3 is 0 Å². The topological polar surface area (TPSA) is 22.0 Å². The Hall–Kier alpha value is -1.54. The van der Waals surface area contributed by atoms with Crippen LogP contribution in [0.15, 0.2) is 36.7 Å². The standard InChI is InChI=1S/C15H16ClNO/c1-3-11-9-17(10-12(11)4-2)15(18)13-5-7-14(16)8-6-13/h5-10H,3-4H2,1-2H3. The second kappa shape index (κ2) is 5.40. The molecule has 0 bridgehead atoms. The van der Waals surface area contributed by atoms with Gasteiger partial charge in [-0.2, -0.15) is 0 Å². The first-order chi connectivity index (χ1) is 8.65. The van der Waals surface area contributed by atoms with Gasteiger partial charge >= 0.3 is 0 Å². The predicted octanol–water partition coefficient (Wildman–Crippen LogP) is 3.95. The number of benzene rings is 1. The normalized spacial score (nSPS) is 10.6. The van der Waals surface area contributed by atoms with Crippen LogP contribution >= 0.6 is 11.6 Å². The van der Waals surface area contributed by atoms with Crippen molar-refractivity contribution < 1.29 is 4.79 Å². The summed E-state index contributed by atoms with van der Waals surface area (Å²) in [5.41, 5.74) is 3.12. The molecule has 0 amide bonds. The SMILES string of the molecule is CCc1cn(C(=O)c2ccc(Cl)cc2)cc1CC. The van der Waals surface area contributed by atoms with Crippen LogP contribution in [0.4, 0.5) is 0 Å². The molecular weight excluding hydrogens is 246 g/mol. The van der Waals surface area contributed by atoms with Crippen molar-refractivity contribution >= 4 is 17.5 Å². The first-order valence-corrected chi connectivity index (χ1v) is 6.53.